The molecule has 0 bridgehead atoms. The van der Waals surface area contributed by atoms with Crippen LogP contribution in [0.4, 0.5) is 0 Å². The van der Waals surface area contributed by atoms with Crippen molar-refractivity contribution in [1.29, 1.82) is 0 Å². The van der Waals surface area contributed by atoms with Crippen LogP contribution in [0.1, 0.15) is 13.8 Å². The van der Waals surface area contributed by atoms with Crippen LogP contribution in [0.3, 0.4) is 0 Å². The monoisotopic (exact) mass is 476 g/mol. The molecule has 0 spiro atoms. The van der Waals surface area contributed by atoms with Gasteiger partial charge in [-0.25, -0.2) is 0 Å². The summed E-state index contributed by atoms with van der Waals surface area (Å²) in [7, 11) is -2.88. The molecule has 150 valence electrons. The quantitative estimate of drug-likeness (QED) is 0.425. The van der Waals surface area contributed by atoms with Gasteiger partial charge in [0.05, 0.1) is 0 Å². The van der Waals surface area contributed by atoms with Crippen LogP contribution in [0.15, 0.2) is 91.0 Å². The predicted molar refractivity (Wildman–Crippen MR) is 115 cm³/mol. The Morgan fingerprint density at radius 3 is 1.04 bits per heavy atom. The van der Waals surface area contributed by atoms with Gasteiger partial charge in [0.1, 0.15) is 0 Å². The molecule has 3 aromatic carbocycles. The Morgan fingerprint density at radius 2 is 0.857 bits per heavy atom. The van der Waals surface area contributed by atoms with E-state index in [9.17, 15) is 4.80 Å². The summed E-state index contributed by atoms with van der Waals surface area (Å²) in [6.45, 7) is 4.25. The van der Waals surface area contributed by atoms with E-state index >= 15 is 0 Å². The first kappa shape index (κ1) is 28.8. The first-order chi connectivity index (χ1) is 12.1. The Kier molecular flexibility index (Phi) is 15.0. The van der Waals surface area contributed by atoms with Gasteiger partial charge in [-0.3, -0.25) is 0 Å². The molecule has 0 heterocycles. The molecule has 4 nitrogen and oxygen atoms in total. The summed E-state index contributed by atoms with van der Waals surface area (Å²) in [6.07, 6.45) is 0. The molecule has 3 rings (SSSR count). The first-order valence-corrected chi connectivity index (χ1v) is 10.5. The van der Waals surface area contributed by atoms with Crippen LogP contribution in [0.25, 0.3) is 0 Å². The van der Waals surface area contributed by atoms with Crippen molar-refractivity contribution in [3.8, 4) is 0 Å². The molecule has 0 aliphatic heterocycles. The molecule has 6 heteroatoms. The van der Waals surface area contributed by atoms with Crippen molar-refractivity contribution in [2.24, 2.45) is 5.92 Å². The van der Waals surface area contributed by atoms with E-state index < -0.39 is 8.32 Å². The molecule has 0 amide bonds. The zero-order valence-corrected chi connectivity index (χ0v) is 19.8. The Bertz CT molecular complexity index is 644. The summed E-state index contributed by atoms with van der Waals surface area (Å²) < 4.78 is 0. The summed E-state index contributed by atoms with van der Waals surface area (Å²) in [5.74, 6) is 0.440. The molecule has 3 aromatic rings. The van der Waals surface area contributed by atoms with Crippen molar-refractivity contribution in [2.75, 3.05) is 6.61 Å². The van der Waals surface area contributed by atoms with Gasteiger partial charge in [-0.1, -0.05) is 105 Å². The van der Waals surface area contributed by atoms with Crippen LogP contribution in [0.5, 0.6) is 0 Å². The van der Waals surface area contributed by atoms with E-state index in [1.165, 1.54) is 0 Å². The molecule has 28 heavy (non-hydrogen) atoms. The van der Waals surface area contributed by atoms with Gasteiger partial charge in [0.2, 0.25) is 0 Å². The average molecular weight is 478 g/mol. The molecule has 0 atom stereocenters. The van der Waals surface area contributed by atoms with Crippen LogP contribution in [-0.2, 0) is 26.2 Å². The Hall–Kier alpha value is -1.40. The zero-order chi connectivity index (χ0) is 18.1. The second-order valence-electron chi connectivity index (χ2n) is 6.38. The SMILES string of the molecule is CC(C)CO.O.O.O[Si](c1ccccc1)(c1ccccc1)c1ccccc1.[Zr]. The fourth-order valence-corrected chi connectivity index (χ4v) is 5.56. The van der Waals surface area contributed by atoms with Gasteiger partial charge in [-0.05, 0) is 21.5 Å². The van der Waals surface area contributed by atoms with E-state index in [4.69, 9.17) is 5.11 Å². The van der Waals surface area contributed by atoms with Crippen molar-refractivity contribution in [3.63, 3.8) is 0 Å². The molecule has 0 aliphatic carbocycles. The van der Waals surface area contributed by atoms with Gasteiger partial charge in [-0.15, -0.1) is 0 Å². The van der Waals surface area contributed by atoms with Crippen LogP contribution in [0.2, 0.25) is 0 Å². The van der Waals surface area contributed by atoms with Crippen LogP contribution in [-0.4, -0.2) is 35.8 Å². The normalized spacial score (nSPS) is 9.75. The summed E-state index contributed by atoms with van der Waals surface area (Å²) in [5, 5.41) is 11.2. The summed E-state index contributed by atoms with van der Waals surface area (Å²) >= 11 is 0. The van der Waals surface area contributed by atoms with E-state index in [1.54, 1.807) is 0 Å². The van der Waals surface area contributed by atoms with Gasteiger partial charge >= 0.3 is 0 Å². The second-order valence-corrected chi connectivity index (χ2v) is 9.54. The fourth-order valence-electron chi connectivity index (χ4n) is 2.54. The molecule has 0 unspecified atom stereocenters. The maximum absolute atomic E-state index is 11.6. The van der Waals surface area contributed by atoms with Gasteiger partial charge < -0.3 is 20.9 Å². The Labute approximate surface area is 187 Å². The second kappa shape index (κ2) is 14.6. The molecule has 6 N–H and O–H groups in total. The van der Waals surface area contributed by atoms with Gasteiger partial charge in [-0.2, -0.15) is 0 Å². The molecule has 0 saturated carbocycles. The van der Waals surface area contributed by atoms with Crippen molar-refractivity contribution in [2.45, 2.75) is 13.8 Å². The first-order valence-electron chi connectivity index (χ1n) is 8.58. The van der Waals surface area contributed by atoms with Crippen LogP contribution < -0.4 is 15.6 Å². The minimum Gasteiger partial charge on any atom is -0.421 e. The van der Waals surface area contributed by atoms with E-state index in [0.29, 0.717) is 12.5 Å². The molecule has 0 saturated heterocycles. The van der Waals surface area contributed by atoms with Crippen molar-refractivity contribution in [3.05, 3.63) is 91.0 Å². The minimum atomic E-state index is -2.88. The number of hydrogen-bond acceptors (Lipinski definition) is 2. The van der Waals surface area contributed by atoms with Crippen molar-refractivity contribution in [1.82, 2.24) is 0 Å². The molecule has 0 aliphatic rings. The van der Waals surface area contributed by atoms with Crippen molar-refractivity contribution < 1.29 is 47.1 Å². The Morgan fingerprint density at radius 1 is 0.643 bits per heavy atom. The summed E-state index contributed by atoms with van der Waals surface area (Å²) in [5.41, 5.74) is 0. The van der Waals surface area contributed by atoms with Gasteiger partial charge in [0.25, 0.3) is 8.32 Å². The van der Waals surface area contributed by atoms with Crippen LogP contribution in [0, 0.1) is 5.92 Å². The fraction of sp³-hybridized carbons (Fsp3) is 0.182. The van der Waals surface area contributed by atoms with E-state index in [-0.39, 0.29) is 37.2 Å². The maximum Gasteiger partial charge on any atom is 0.285 e. The molecular formula is C22H30O4SiZr. The number of benzene rings is 3. The van der Waals surface area contributed by atoms with Crippen LogP contribution >= 0.6 is 0 Å². The van der Waals surface area contributed by atoms with E-state index in [1.807, 2.05) is 105 Å². The molecule has 0 fully saturated rings. The number of hydrogen-bond donors (Lipinski definition) is 2. The number of rotatable bonds is 4. The molecule has 0 aromatic heterocycles. The standard InChI is InChI=1S/C18H16OSi.C4H10O.2H2O.Zr/c19-20(16-10-4-1-5-11-16,17-12-6-2-7-13-17)18-14-8-3-9-15-18;1-4(2)3-5;;;/h1-15,19H;4-5H,3H2,1-2H3;2*1H2;. The number of aliphatic hydroxyl groups excluding tert-OH is 1. The predicted octanol–water partition coefficient (Wildman–Crippen LogP) is 0.629. The largest absolute Gasteiger partial charge is 0.421 e. The smallest absolute Gasteiger partial charge is 0.285 e. The zero-order valence-electron chi connectivity index (χ0n) is 16.3. The maximum atomic E-state index is 11.6. The summed E-state index contributed by atoms with van der Waals surface area (Å²) in [4.78, 5) is 11.6. The topological polar surface area (TPSA) is 103 Å². The van der Waals surface area contributed by atoms with E-state index in [0.717, 1.165) is 15.6 Å². The third kappa shape index (κ3) is 7.55. The summed E-state index contributed by atoms with van der Waals surface area (Å²) in [6, 6.07) is 30.0. The average Bonchev–Trinajstić information content (AvgIpc) is 2.70. The third-order valence-corrected chi connectivity index (χ3v) is 7.45. The van der Waals surface area contributed by atoms with Gasteiger partial charge in [0.15, 0.2) is 0 Å². The van der Waals surface area contributed by atoms with E-state index in [2.05, 4.69) is 0 Å². The third-order valence-electron chi connectivity index (χ3n) is 3.94. The Balaban J connectivity index is 0. The minimum absolute atomic E-state index is 0. The number of aliphatic hydroxyl groups is 1. The van der Waals surface area contributed by atoms with Crippen molar-refractivity contribution >= 4 is 23.9 Å². The molecular weight excluding hydrogens is 448 g/mol. The van der Waals surface area contributed by atoms with Gasteiger partial charge in [0, 0.05) is 32.8 Å². The molecule has 0 radical (unpaired) electrons.